The molecule has 0 aromatic heterocycles. The Hall–Kier alpha value is -2.11. The molecule has 0 unspecified atom stereocenters. The van der Waals surface area contributed by atoms with Crippen LogP contribution in [0.4, 0.5) is 11.4 Å². The van der Waals surface area contributed by atoms with Crippen LogP contribution in [0.25, 0.3) is 0 Å². The number of nitrogens with one attached hydrogen (secondary N) is 2. The van der Waals surface area contributed by atoms with Crippen molar-refractivity contribution in [2.45, 2.75) is 45.1 Å². The number of nitrogens with zero attached hydrogens (tertiary/aromatic N) is 1. The number of aryl methyl sites for hydroxylation is 1. The number of non-ortho nitro benzene ring substituents is 1. The fourth-order valence-electron chi connectivity index (χ4n) is 2.62. The summed E-state index contributed by atoms with van der Waals surface area (Å²) in [5.41, 5.74) is 1.53. The maximum atomic E-state index is 11.9. The van der Waals surface area contributed by atoms with Gasteiger partial charge in [0.1, 0.15) is 0 Å². The van der Waals surface area contributed by atoms with Gasteiger partial charge >= 0.3 is 0 Å². The van der Waals surface area contributed by atoms with Gasteiger partial charge in [-0.1, -0.05) is 25.3 Å². The Morgan fingerprint density at radius 2 is 2.05 bits per heavy atom. The summed E-state index contributed by atoms with van der Waals surface area (Å²) in [7, 11) is 0. The average Bonchev–Trinajstić information content (AvgIpc) is 2.47. The summed E-state index contributed by atoms with van der Waals surface area (Å²) in [6.07, 6.45) is 5.67. The van der Waals surface area contributed by atoms with Crippen LogP contribution in [0.2, 0.25) is 0 Å². The van der Waals surface area contributed by atoms with E-state index in [1.54, 1.807) is 6.07 Å². The van der Waals surface area contributed by atoms with Crippen molar-refractivity contribution in [3.63, 3.8) is 0 Å². The third-order valence-electron chi connectivity index (χ3n) is 3.84. The third-order valence-corrected chi connectivity index (χ3v) is 3.84. The third kappa shape index (κ3) is 4.44. The molecule has 0 bridgehead atoms. The summed E-state index contributed by atoms with van der Waals surface area (Å²) < 4.78 is 0. The van der Waals surface area contributed by atoms with E-state index in [0.29, 0.717) is 5.69 Å². The molecule has 0 spiro atoms. The van der Waals surface area contributed by atoms with Crippen LogP contribution < -0.4 is 10.6 Å². The first-order chi connectivity index (χ1) is 10.1. The molecule has 1 amide bonds. The van der Waals surface area contributed by atoms with Gasteiger partial charge in [-0.3, -0.25) is 14.9 Å². The van der Waals surface area contributed by atoms with Crippen molar-refractivity contribution in [3.05, 3.63) is 33.9 Å². The van der Waals surface area contributed by atoms with Crippen LogP contribution >= 0.6 is 0 Å². The highest BCUT2D eigenvalue weighted by atomic mass is 16.6. The highest BCUT2D eigenvalue weighted by molar-refractivity contribution is 5.81. The fourth-order valence-corrected chi connectivity index (χ4v) is 2.62. The van der Waals surface area contributed by atoms with Crippen LogP contribution in [0.3, 0.4) is 0 Å². The van der Waals surface area contributed by atoms with Crippen molar-refractivity contribution in [1.29, 1.82) is 0 Å². The first-order valence-corrected chi connectivity index (χ1v) is 7.34. The highest BCUT2D eigenvalue weighted by Gasteiger charge is 2.16. The zero-order valence-corrected chi connectivity index (χ0v) is 12.2. The number of carbonyl (C=O) groups is 1. The van der Waals surface area contributed by atoms with Crippen LogP contribution in [0, 0.1) is 17.0 Å². The minimum absolute atomic E-state index is 0.0239. The van der Waals surface area contributed by atoms with Crippen LogP contribution in [-0.2, 0) is 4.79 Å². The van der Waals surface area contributed by atoms with E-state index in [1.165, 1.54) is 31.4 Å². The molecule has 1 aromatic carbocycles. The lowest BCUT2D eigenvalue weighted by Crippen LogP contribution is -2.39. The standard InChI is InChI=1S/C15H21N3O3/c1-11-7-8-13(18(20)21)9-14(11)16-10-15(19)17-12-5-3-2-4-6-12/h7-9,12,16H,2-6,10H2,1H3,(H,17,19). The lowest BCUT2D eigenvalue weighted by molar-refractivity contribution is -0.384. The predicted octanol–water partition coefficient (Wildman–Crippen LogP) is 2.76. The summed E-state index contributed by atoms with van der Waals surface area (Å²) in [6.45, 7) is 1.99. The van der Waals surface area contributed by atoms with Gasteiger partial charge in [-0.25, -0.2) is 0 Å². The summed E-state index contributed by atoms with van der Waals surface area (Å²) in [5, 5.41) is 16.8. The topological polar surface area (TPSA) is 84.3 Å². The molecule has 0 heterocycles. The van der Waals surface area contributed by atoms with Crippen molar-refractivity contribution in [1.82, 2.24) is 5.32 Å². The fraction of sp³-hybridized carbons (Fsp3) is 0.533. The molecule has 1 aliphatic carbocycles. The molecule has 0 atom stereocenters. The minimum atomic E-state index is -0.438. The first-order valence-electron chi connectivity index (χ1n) is 7.34. The number of benzene rings is 1. The van der Waals surface area contributed by atoms with Gasteiger partial charge in [-0.15, -0.1) is 0 Å². The van der Waals surface area contributed by atoms with Crippen LogP contribution in [0.5, 0.6) is 0 Å². The number of rotatable bonds is 5. The summed E-state index contributed by atoms with van der Waals surface area (Å²) in [6, 6.07) is 4.88. The molecule has 21 heavy (non-hydrogen) atoms. The van der Waals surface area contributed by atoms with E-state index in [1.807, 2.05) is 6.92 Å². The maximum Gasteiger partial charge on any atom is 0.271 e. The molecule has 2 N–H and O–H groups in total. The summed E-state index contributed by atoms with van der Waals surface area (Å²) in [4.78, 5) is 22.2. The lowest BCUT2D eigenvalue weighted by atomic mass is 9.95. The van der Waals surface area contributed by atoms with E-state index in [9.17, 15) is 14.9 Å². The monoisotopic (exact) mass is 291 g/mol. The van der Waals surface area contributed by atoms with Gasteiger partial charge in [0.05, 0.1) is 11.5 Å². The summed E-state index contributed by atoms with van der Waals surface area (Å²) in [5.74, 6) is -0.0622. The molecule has 1 fully saturated rings. The average molecular weight is 291 g/mol. The van der Waals surface area contributed by atoms with Crippen LogP contribution in [-0.4, -0.2) is 23.4 Å². The Balaban J connectivity index is 1.88. The number of nitro groups is 1. The van der Waals surface area contributed by atoms with Crippen LogP contribution in [0.1, 0.15) is 37.7 Å². The Labute approximate surface area is 124 Å². The van der Waals surface area contributed by atoms with Crippen LogP contribution in [0.15, 0.2) is 18.2 Å². The molecule has 1 aromatic rings. The van der Waals surface area contributed by atoms with E-state index in [2.05, 4.69) is 10.6 Å². The largest absolute Gasteiger partial charge is 0.376 e. The molecule has 1 aliphatic rings. The number of anilines is 1. The number of carbonyl (C=O) groups excluding carboxylic acids is 1. The number of hydrogen-bond donors (Lipinski definition) is 2. The normalized spacial score (nSPS) is 15.5. The second-order valence-electron chi connectivity index (χ2n) is 5.51. The number of amides is 1. The van der Waals surface area contributed by atoms with Crippen molar-refractivity contribution < 1.29 is 9.72 Å². The molecule has 114 valence electrons. The number of nitro benzene ring substituents is 1. The van der Waals surface area contributed by atoms with E-state index in [4.69, 9.17) is 0 Å². The minimum Gasteiger partial charge on any atom is -0.376 e. The van der Waals surface area contributed by atoms with Gasteiger partial charge in [0, 0.05) is 23.9 Å². The van der Waals surface area contributed by atoms with Crippen molar-refractivity contribution in [2.24, 2.45) is 0 Å². The molecular weight excluding hydrogens is 270 g/mol. The molecule has 6 heteroatoms. The SMILES string of the molecule is Cc1ccc([N+](=O)[O-])cc1NCC(=O)NC1CCCCC1. The Morgan fingerprint density at radius 1 is 1.33 bits per heavy atom. The van der Waals surface area contributed by atoms with E-state index in [0.717, 1.165) is 18.4 Å². The smallest absolute Gasteiger partial charge is 0.271 e. The highest BCUT2D eigenvalue weighted by Crippen LogP contribution is 2.21. The van der Waals surface area contributed by atoms with Gasteiger partial charge in [-0.2, -0.15) is 0 Å². The van der Waals surface area contributed by atoms with Crippen molar-refractivity contribution in [2.75, 3.05) is 11.9 Å². The molecule has 0 radical (unpaired) electrons. The summed E-state index contributed by atoms with van der Waals surface area (Å²) >= 11 is 0. The molecule has 2 rings (SSSR count). The van der Waals surface area contributed by atoms with Gasteiger partial charge < -0.3 is 10.6 Å². The van der Waals surface area contributed by atoms with Crippen molar-refractivity contribution >= 4 is 17.3 Å². The molecular formula is C15H21N3O3. The molecule has 6 nitrogen and oxygen atoms in total. The van der Waals surface area contributed by atoms with Gasteiger partial charge in [0.2, 0.25) is 5.91 Å². The van der Waals surface area contributed by atoms with E-state index < -0.39 is 4.92 Å². The first kappa shape index (κ1) is 15.3. The van der Waals surface area contributed by atoms with Gasteiger partial charge in [-0.05, 0) is 25.3 Å². The Bertz CT molecular complexity index is 525. The molecule has 0 aliphatic heterocycles. The lowest BCUT2D eigenvalue weighted by Gasteiger charge is -2.23. The van der Waals surface area contributed by atoms with Crippen molar-refractivity contribution in [3.8, 4) is 0 Å². The zero-order valence-electron chi connectivity index (χ0n) is 12.2. The van der Waals surface area contributed by atoms with E-state index >= 15 is 0 Å². The zero-order chi connectivity index (χ0) is 15.2. The molecule has 0 saturated heterocycles. The molecule has 1 saturated carbocycles. The quantitative estimate of drug-likeness (QED) is 0.645. The maximum absolute atomic E-state index is 11.9. The second-order valence-corrected chi connectivity index (χ2v) is 5.51. The Kier molecular flexibility index (Phi) is 5.14. The van der Waals surface area contributed by atoms with E-state index in [-0.39, 0.29) is 24.2 Å². The van der Waals surface area contributed by atoms with Gasteiger partial charge in [0.25, 0.3) is 5.69 Å². The predicted molar refractivity (Wildman–Crippen MR) is 81.3 cm³/mol. The number of hydrogen-bond acceptors (Lipinski definition) is 4. The van der Waals surface area contributed by atoms with Gasteiger partial charge in [0.15, 0.2) is 0 Å². The Morgan fingerprint density at radius 3 is 2.71 bits per heavy atom. The second kappa shape index (κ2) is 7.06.